The van der Waals surface area contributed by atoms with Crippen LogP contribution in [0.2, 0.25) is 0 Å². The molecule has 2 atom stereocenters. The molecule has 3 nitrogen and oxygen atoms in total. The van der Waals surface area contributed by atoms with E-state index in [0.717, 1.165) is 17.9 Å². The highest BCUT2D eigenvalue weighted by Crippen LogP contribution is 2.21. The quantitative estimate of drug-likeness (QED) is 0.800. The summed E-state index contributed by atoms with van der Waals surface area (Å²) in [6, 6.07) is 0.753. The first-order valence-corrected chi connectivity index (χ1v) is 7.26. The topological polar surface area (TPSA) is 18.5 Å². The second-order valence-corrected chi connectivity index (χ2v) is 6.22. The minimum absolute atomic E-state index is 0.753. The minimum Gasteiger partial charge on any atom is -0.315 e. The summed E-state index contributed by atoms with van der Waals surface area (Å²) in [5, 5.41) is 3.54. The van der Waals surface area contributed by atoms with Gasteiger partial charge in [0.25, 0.3) is 0 Å². The zero-order valence-electron chi connectivity index (χ0n) is 11.8. The first-order chi connectivity index (χ1) is 8.16. The number of likely N-dealkylation sites (tertiary alicyclic amines) is 1. The molecular weight excluding hydrogens is 210 g/mol. The van der Waals surface area contributed by atoms with Crippen LogP contribution in [0.5, 0.6) is 0 Å². The van der Waals surface area contributed by atoms with E-state index < -0.39 is 0 Å². The Labute approximate surface area is 107 Å². The highest BCUT2D eigenvalue weighted by molar-refractivity contribution is 4.84. The van der Waals surface area contributed by atoms with Crippen molar-refractivity contribution in [3.8, 4) is 0 Å². The normalized spacial score (nSPS) is 33.2. The van der Waals surface area contributed by atoms with Crippen molar-refractivity contribution in [2.24, 2.45) is 11.8 Å². The van der Waals surface area contributed by atoms with Gasteiger partial charge in [0.05, 0.1) is 0 Å². The van der Waals surface area contributed by atoms with Gasteiger partial charge < -0.3 is 15.1 Å². The smallest absolute Gasteiger partial charge is 0.0243 e. The Balaban J connectivity index is 1.77. The van der Waals surface area contributed by atoms with Crippen molar-refractivity contribution in [1.29, 1.82) is 0 Å². The lowest BCUT2D eigenvalue weighted by molar-refractivity contribution is 0.109. The van der Waals surface area contributed by atoms with Crippen LogP contribution >= 0.6 is 0 Å². The Bertz CT molecular complexity index is 224. The molecule has 0 radical (unpaired) electrons. The molecule has 2 rings (SSSR count). The number of rotatable bonds is 3. The monoisotopic (exact) mass is 239 g/mol. The standard InChI is InChI=1S/C14H29N3/c1-12-4-7-15-10-14(12)17(3)11-13-5-8-16(2)9-6-13/h12-15H,4-11H2,1-3H3. The van der Waals surface area contributed by atoms with E-state index in [1.807, 2.05) is 0 Å². The largest absolute Gasteiger partial charge is 0.315 e. The molecule has 1 N–H and O–H groups in total. The van der Waals surface area contributed by atoms with E-state index >= 15 is 0 Å². The molecule has 2 heterocycles. The van der Waals surface area contributed by atoms with Crippen molar-refractivity contribution in [2.45, 2.75) is 32.2 Å². The van der Waals surface area contributed by atoms with Crippen LogP contribution in [-0.4, -0.2) is 62.7 Å². The van der Waals surface area contributed by atoms with Gasteiger partial charge in [-0.05, 0) is 64.8 Å². The molecule has 2 unspecified atom stereocenters. The SMILES string of the molecule is CC1CCNCC1N(C)CC1CCN(C)CC1. The number of hydrogen-bond acceptors (Lipinski definition) is 3. The maximum atomic E-state index is 3.54. The second-order valence-electron chi connectivity index (χ2n) is 6.22. The third-order valence-electron chi connectivity index (χ3n) is 4.74. The molecule has 2 aliphatic rings. The molecule has 100 valence electrons. The van der Waals surface area contributed by atoms with E-state index in [1.54, 1.807) is 0 Å². The molecule has 2 fully saturated rings. The van der Waals surface area contributed by atoms with Gasteiger partial charge in [-0.25, -0.2) is 0 Å². The van der Waals surface area contributed by atoms with Crippen molar-refractivity contribution in [1.82, 2.24) is 15.1 Å². The second kappa shape index (κ2) is 6.17. The van der Waals surface area contributed by atoms with E-state index in [1.165, 1.54) is 52.0 Å². The van der Waals surface area contributed by atoms with Gasteiger partial charge >= 0.3 is 0 Å². The van der Waals surface area contributed by atoms with Crippen LogP contribution in [0, 0.1) is 11.8 Å². The molecule has 0 aliphatic carbocycles. The van der Waals surface area contributed by atoms with Gasteiger partial charge in [0.15, 0.2) is 0 Å². The minimum atomic E-state index is 0.753. The molecular formula is C14H29N3. The molecule has 17 heavy (non-hydrogen) atoms. The van der Waals surface area contributed by atoms with Crippen molar-refractivity contribution in [3.05, 3.63) is 0 Å². The summed E-state index contributed by atoms with van der Waals surface area (Å²) in [5.41, 5.74) is 0. The third kappa shape index (κ3) is 3.67. The molecule has 0 bridgehead atoms. The summed E-state index contributed by atoms with van der Waals surface area (Å²) in [7, 11) is 4.57. The average Bonchev–Trinajstić information content (AvgIpc) is 2.32. The molecule has 0 spiro atoms. The summed E-state index contributed by atoms with van der Waals surface area (Å²) in [6.45, 7) is 8.68. The van der Waals surface area contributed by atoms with Crippen molar-refractivity contribution >= 4 is 0 Å². The number of hydrogen-bond donors (Lipinski definition) is 1. The summed E-state index contributed by atoms with van der Waals surface area (Å²) in [5.74, 6) is 1.78. The Morgan fingerprint density at radius 3 is 2.59 bits per heavy atom. The maximum Gasteiger partial charge on any atom is 0.0243 e. The highest BCUT2D eigenvalue weighted by Gasteiger charge is 2.27. The highest BCUT2D eigenvalue weighted by atomic mass is 15.2. The summed E-state index contributed by atoms with van der Waals surface area (Å²) < 4.78 is 0. The van der Waals surface area contributed by atoms with Gasteiger partial charge in [0.2, 0.25) is 0 Å². The molecule has 2 aliphatic heterocycles. The van der Waals surface area contributed by atoms with Gasteiger partial charge in [-0.15, -0.1) is 0 Å². The number of likely N-dealkylation sites (N-methyl/N-ethyl adjacent to an activating group) is 1. The Hall–Kier alpha value is -0.120. The van der Waals surface area contributed by atoms with Crippen LogP contribution in [0.15, 0.2) is 0 Å². The first kappa shape index (κ1) is 13.3. The fraction of sp³-hybridized carbons (Fsp3) is 1.00. The number of piperidine rings is 2. The van der Waals surface area contributed by atoms with Crippen molar-refractivity contribution in [2.75, 3.05) is 46.8 Å². The lowest BCUT2D eigenvalue weighted by Gasteiger charge is -2.39. The van der Waals surface area contributed by atoms with E-state index in [-0.39, 0.29) is 0 Å². The Morgan fingerprint density at radius 2 is 1.94 bits per heavy atom. The molecule has 0 aromatic heterocycles. The van der Waals surface area contributed by atoms with Gasteiger partial charge in [-0.1, -0.05) is 6.92 Å². The van der Waals surface area contributed by atoms with Gasteiger partial charge in [-0.2, -0.15) is 0 Å². The van der Waals surface area contributed by atoms with E-state index in [2.05, 4.69) is 36.1 Å². The summed E-state index contributed by atoms with van der Waals surface area (Å²) in [4.78, 5) is 5.08. The lowest BCUT2D eigenvalue weighted by atomic mass is 9.91. The molecule has 0 aromatic rings. The van der Waals surface area contributed by atoms with E-state index in [4.69, 9.17) is 0 Å². The Kier molecular flexibility index (Phi) is 4.83. The van der Waals surface area contributed by atoms with Crippen LogP contribution in [0.1, 0.15) is 26.2 Å². The maximum absolute atomic E-state index is 3.54. The Morgan fingerprint density at radius 1 is 1.24 bits per heavy atom. The fourth-order valence-corrected chi connectivity index (χ4v) is 3.35. The molecule has 0 saturated carbocycles. The summed E-state index contributed by atoms with van der Waals surface area (Å²) >= 11 is 0. The van der Waals surface area contributed by atoms with Crippen LogP contribution in [0.25, 0.3) is 0 Å². The van der Waals surface area contributed by atoms with Gasteiger partial charge in [-0.3, -0.25) is 0 Å². The van der Waals surface area contributed by atoms with Crippen molar-refractivity contribution in [3.63, 3.8) is 0 Å². The predicted molar refractivity (Wildman–Crippen MR) is 73.3 cm³/mol. The predicted octanol–water partition coefficient (Wildman–Crippen LogP) is 1.26. The van der Waals surface area contributed by atoms with Crippen LogP contribution < -0.4 is 5.32 Å². The van der Waals surface area contributed by atoms with Crippen LogP contribution in [-0.2, 0) is 0 Å². The molecule has 2 saturated heterocycles. The lowest BCUT2D eigenvalue weighted by Crippen LogP contribution is -2.50. The van der Waals surface area contributed by atoms with Gasteiger partial charge in [0.1, 0.15) is 0 Å². The number of nitrogens with one attached hydrogen (secondary N) is 1. The van der Waals surface area contributed by atoms with E-state index in [0.29, 0.717) is 0 Å². The molecule has 0 aromatic carbocycles. The molecule has 3 heteroatoms. The fourth-order valence-electron chi connectivity index (χ4n) is 3.35. The van der Waals surface area contributed by atoms with E-state index in [9.17, 15) is 0 Å². The first-order valence-electron chi connectivity index (χ1n) is 7.26. The van der Waals surface area contributed by atoms with Crippen molar-refractivity contribution < 1.29 is 0 Å². The summed E-state index contributed by atoms with van der Waals surface area (Å²) in [6.07, 6.45) is 4.10. The van der Waals surface area contributed by atoms with Crippen LogP contribution in [0.4, 0.5) is 0 Å². The third-order valence-corrected chi connectivity index (χ3v) is 4.74. The molecule has 0 amide bonds. The number of nitrogens with zero attached hydrogens (tertiary/aromatic N) is 2. The van der Waals surface area contributed by atoms with Crippen LogP contribution in [0.3, 0.4) is 0 Å². The zero-order valence-corrected chi connectivity index (χ0v) is 11.8. The average molecular weight is 239 g/mol. The van der Waals surface area contributed by atoms with Gasteiger partial charge in [0, 0.05) is 19.1 Å². The zero-order chi connectivity index (χ0) is 12.3.